The Morgan fingerprint density at radius 1 is 1.15 bits per heavy atom. The molecule has 5 rings (SSSR count). The van der Waals surface area contributed by atoms with Crippen molar-refractivity contribution in [2.75, 3.05) is 25.3 Å². The number of carbonyl (C=O) groups excluding carboxylic acids is 1. The van der Waals surface area contributed by atoms with Crippen molar-refractivity contribution < 1.29 is 19.0 Å². The molecule has 0 saturated carbocycles. The van der Waals surface area contributed by atoms with Crippen LogP contribution >= 0.6 is 0 Å². The molecule has 7 nitrogen and oxygen atoms in total. The average molecular weight is 462 g/mol. The monoisotopic (exact) mass is 461 g/mol. The van der Waals surface area contributed by atoms with E-state index in [-0.39, 0.29) is 18.7 Å². The summed E-state index contributed by atoms with van der Waals surface area (Å²) in [5.74, 6) is 2.47. The predicted octanol–water partition coefficient (Wildman–Crippen LogP) is 4.63. The molecule has 1 amide bonds. The normalized spacial score (nSPS) is 20.8. The van der Waals surface area contributed by atoms with Crippen molar-refractivity contribution in [3.05, 3.63) is 59.3 Å². The first-order chi connectivity index (χ1) is 16.3. The van der Waals surface area contributed by atoms with Crippen LogP contribution in [0.5, 0.6) is 17.2 Å². The van der Waals surface area contributed by atoms with Gasteiger partial charge in [-0.05, 0) is 68.1 Å². The van der Waals surface area contributed by atoms with E-state index in [1.54, 1.807) is 7.11 Å². The van der Waals surface area contributed by atoms with Crippen molar-refractivity contribution in [3.63, 3.8) is 0 Å². The summed E-state index contributed by atoms with van der Waals surface area (Å²) in [5.41, 5.74) is 3.88. The highest BCUT2D eigenvalue weighted by Gasteiger charge is 2.47. The van der Waals surface area contributed by atoms with Crippen molar-refractivity contribution in [1.29, 1.82) is 0 Å². The number of nitrogens with one attached hydrogen (secondary N) is 1. The van der Waals surface area contributed by atoms with Crippen molar-refractivity contribution in [3.8, 4) is 17.2 Å². The Morgan fingerprint density at radius 3 is 2.59 bits per heavy atom. The van der Waals surface area contributed by atoms with Crippen LogP contribution < -0.4 is 24.4 Å². The second-order valence-corrected chi connectivity index (χ2v) is 10.0. The fraction of sp³-hybridized carbons (Fsp3) is 0.407. The summed E-state index contributed by atoms with van der Waals surface area (Å²) in [7, 11) is 1.63. The number of amides is 1. The number of fused-ring (bicyclic) bond motifs is 2. The molecule has 1 unspecified atom stereocenters. The van der Waals surface area contributed by atoms with Gasteiger partial charge in [-0.1, -0.05) is 19.9 Å². The molecule has 3 aliphatic heterocycles. The largest absolute Gasteiger partial charge is 0.497 e. The summed E-state index contributed by atoms with van der Waals surface area (Å²) >= 11 is 0. The molecule has 3 heterocycles. The van der Waals surface area contributed by atoms with Crippen LogP contribution in [0.2, 0.25) is 0 Å². The van der Waals surface area contributed by atoms with Gasteiger partial charge < -0.3 is 19.5 Å². The zero-order valence-corrected chi connectivity index (χ0v) is 20.3. The lowest BCUT2D eigenvalue weighted by atomic mass is 9.93. The molecular weight excluding hydrogens is 430 g/mol. The van der Waals surface area contributed by atoms with Crippen LogP contribution in [0, 0.1) is 5.92 Å². The van der Waals surface area contributed by atoms with E-state index < -0.39 is 5.54 Å². The number of nitrogens with zero attached hydrogens (tertiary/aromatic N) is 2. The van der Waals surface area contributed by atoms with E-state index in [0.717, 1.165) is 40.4 Å². The van der Waals surface area contributed by atoms with Crippen LogP contribution in [-0.2, 0) is 4.79 Å². The third-order valence-electron chi connectivity index (χ3n) is 6.36. The van der Waals surface area contributed by atoms with Crippen LogP contribution in [0.1, 0.15) is 45.7 Å². The Bertz CT molecular complexity index is 1180. The van der Waals surface area contributed by atoms with E-state index in [1.807, 2.05) is 47.4 Å². The summed E-state index contributed by atoms with van der Waals surface area (Å²) < 4.78 is 16.6. The van der Waals surface area contributed by atoms with Gasteiger partial charge in [0.05, 0.1) is 18.7 Å². The fourth-order valence-electron chi connectivity index (χ4n) is 4.78. The predicted molar refractivity (Wildman–Crippen MR) is 132 cm³/mol. The lowest BCUT2D eigenvalue weighted by molar-refractivity contribution is -0.112. The standard InChI is InChI=1S/C27H31N3O4/c1-16(2)12-20-23-24(29-27(3,4)14-28-20)26(31)30(18-7-9-19(32-5)10-8-18)25(23)17-6-11-21-22(13-17)34-15-33-21/h6-11,13,16,25,28H,12,14-15H2,1-5H3. The van der Waals surface area contributed by atoms with Gasteiger partial charge in [0.2, 0.25) is 6.79 Å². The maximum atomic E-state index is 14.0. The van der Waals surface area contributed by atoms with E-state index in [9.17, 15) is 4.79 Å². The molecule has 2 aromatic carbocycles. The van der Waals surface area contributed by atoms with E-state index in [2.05, 4.69) is 33.0 Å². The molecule has 178 valence electrons. The van der Waals surface area contributed by atoms with Gasteiger partial charge in [-0.2, -0.15) is 0 Å². The fourth-order valence-corrected chi connectivity index (χ4v) is 4.78. The van der Waals surface area contributed by atoms with E-state index in [0.29, 0.717) is 23.9 Å². The molecule has 34 heavy (non-hydrogen) atoms. The minimum atomic E-state index is -0.412. The highest BCUT2D eigenvalue weighted by Crippen LogP contribution is 2.45. The number of hydrogen-bond acceptors (Lipinski definition) is 6. The number of anilines is 1. The Balaban J connectivity index is 1.73. The van der Waals surface area contributed by atoms with E-state index in [1.165, 1.54) is 0 Å². The third kappa shape index (κ3) is 3.89. The molecule has 1 atom stereocenters. The van der Waals surface area contributed by atoms with Gasteiger partial charge in [-0.15, -0.1) is 0 Å². The number of rotatable bonds is 5. The maximum Gasteiger partial charge on any atom is 0.277 e. The summed E-state index contributed by atoms with van der Waals surface area (Å²) in [6.07, 6.45) is 0.829. The van der Waals surface area contributed by atoms with Crippen LogP contribution in [0.3, 0.4) is 0 Å². The lowest BCUT2D eigenvalue weighted by Gasteiger charge is -2.28. The second-order valence-electron chi connectivity index (χ2n) is 10.0. The zero-order chi connectivity index (χ0) is 24.0. The molecule has 0 aliphatic carbocycles. The van der Waals surface area contributed by atoms with Crippen LogP contribution in [-0.4, -0.2) is 37.6 Å². The summed E-state index contributed by atoms with van der Waals surface area (Å²) in [4.78, 5) is 20.9. The van der Waals surface area contributed by atoms with Gasteiger partial charge in [0.1, 0.15) is 11.5 Å². The molecule has 2 aromatic rings. The SMILES string of the molecule is COc1ccc(N2C(=O)C3=NC(C)(C)CNC(CC(C)C)=C3C2c2ccc3c(c2)OCO3)cc1. The summed E-state index contributed by atoms with van der Waals surface area (Å²) in [6.45, 7) is 9.37. The molecule has 0 radical (unpaired) electrons. The molecule has 1 N–H and O–H groups in total. The van der Waals surface area contributed by atoms with Crippen LogP contribution in [0.15, 0.2) is 58.7 Å². The number of ether oxygens (including phenoxy) is 3. The Kier molecular flexibility index (Phi) is 5.50. The first kappa shape index (κ1) is 22.3. The number of carbonyl (C=O) groups is 1. The molecule has 1 fully saturated rings. The first-order valence-corrected chi connectivity index (χ1v) is 11.7. The molecule has 1 saturated heterocycles. The van der Waals surface area contributed by atoms with Crippen molar-refractivity contribution in [1.82, 2.24) is 5.32 Å². The Labute approximate surface area is 200 Å². The highest BCUT2D eigenvalue weighted by atomic mass is 16.7. The van der Waals surface area contributed by atoms with E-state index >= 15 is 0 Å². The number of methoxy groups -OCH3 is 1. The van der Waals surface area contributed by atoms with Crippen molar-refractivity contribution in [2.24, 2.45) is 10.9 Å². The van der Waals surface area contributed by atoms with Gasteiger partial charge in [0.15, 0.2) is 11.5 Å². The number of aliphatic imine (C=N–C) groups is 1. The van der Waals surface area contributed by atoms with Crippen molar-refractivity contribution in [2.45, 2.75) is 45.7 Å². The minimum Gasteiger partial charge on any atom is -0.497 e. The molecule has 0 aromatic heterocycles. The number of benzene rings is 2. The molecule has 3 aliphatic rings. The topological polar surface area (TPSA) is 72.4 Å². The zero-order valence-electron chi connectivity index (χ0n) is 20.3. The minimum absolute atomic E-state index is 0.0964. The van der Waals surface area contributed by atoms with Crippen molar-refractivity contribution >= 4 is 17.3 Å². The average Bonchev–Trinajstić information content (AvgIpc) is 3.35. The third-order valence-corrected chi connectivity index (χ3v) is 6.36. The molecule has 0 spiro atoms. The highest BCUT2D eigenvalue weighted by molar-refractivity contribution is 6.53. The van der Waals surface area contributed by atoms with Gasteiger partial charge in [-0.3, -0.25) is 14.7 Å². The summed E-state index contributed by atoms with van der Waals surface area (Å²) in [5, 5.41) is 3.65. The quantitative estimate of drug-likeness (QED) is 0.703. The van der Waals surface area contributed by atoms with E-state index in [4.69, 9.17) is 19.2 Å². The van der Waals surface area contributed by atoms with Gasteiger partial charge in [-0.25, -0.2) is 0 Å². The van der Waals surface area contributed by atoms with Gasteiger partial charge >= 0.3 is 0 Å². The molecule has 7 heteroatoms. The second kappa shape index (κ2) is 8.38. The van der Waals surface area contributed by atoms with Crippen LogP contribution in [0.4, 0.5) is 5.69 Å². The molecular formula is C27H31N3O4. The maximum absolute atomic E-state index is 14.0. The Morgan fingerprint density at radius 2 is 1.88 bits per heavy atom. The number of allylic oxidation sites excluding steroid dienone is 1. The molecule has 0 bridgehead atoms. The van der Waals surface area contributed by atoms with Crippen LogP contribution in [0.25, 0.3) is 0 Å². The smallest absolute Gasteiger partial charge is 0.277 e. The Hall–Kier alpha value is -3.48. The van der Waals surface area contributed by atoms with Gasteiger partial charge in [0, 0.05) is 23.5 Å². The number of hydrogen-bond donors (Lipinski definition) is 1. The summed E-state index contributed by atoms with van der Waals surface area (Å²) in [6, 6.07) is 13.2. The lowest BCUT2D eigenvalue weighted by Crippen LogP contribution is -2.35. The van der Waals surface area contributed by atoms with Gasteiger partial charge in [0.25, 0.3) is 5.91 Å². The first-order valence-electron chi connectivity index (χ1n) is 11.7.